The Morgan fingerprint density at radius 3 is 2.83 bits per heavy atom. The molecule has 1 saturated carbocycles. The molecule has 1 aromatic carbocycles. The van der Waals surface area contributed by atoms with Gasteiger partial charge in [0.1, 0.15) is 5.69 Å². The van der Waals surface area contributed by atoms with Crippen molar-refractivity contribution in [3.8, 4) is 0 Å². The van der Waals surface area contributed by atoms with Crippen LogP contribution in [0, 0.1) is 11.8 Å². The number of hydrazine groups is 1. The summed E-state index contributed by atoms with van der Waals surface area (Å²) in [7, 11) is 0. The molecule has 8 heteroatoms. The van der Waals surface area contributed by atoms with Crippen molar-refractivity contribution in [3.05, 3.63) is 53.9 Å². The number of benzene rings is 1. The predicted molar refractivity (Wildman–Crippen MR) is 118 cm³/mol. The summed E-state index contributed by atoms with van der Waals surface area (Å²) in [4.78, 5) is 12.0. The van der Waals surface area contributed by atoms with Gasteiger partial charge in [-0.1, -0.05) is 62.2 Å². The van der Waals surface area contributed by atoms with E-state index in [4.69, 9.17) is 12.2 Å². The molecule has 0 spiro atoms. The topological polar surface area (TPSA) is 83.9 Å². The molecule has 2 aromatic rings. The van der Waals surface area contributed by atoms with Crippen molar-refractivity contribution >= 4 is 29.3 Å². The molecule has 3 N–H and O–H groups in total. The Bertz CT molecular complexity index is 850. The normalized spacial score (nSPS) is 21.7. The Balaban J connectivity index is 1.42. The first kappa shape index (κ1) is 21.0. The summed E-state index contributed by atoms with van der Waals surface area (Å²) in [5.41, 5.74) is 7.10. The number of nitrogens with zero attached hydrogens (tertiary/aromatic N) is 3. The molecular formula is C21H28N6OS. The molecule has 154 valence electrons. The molecule has 1 amide bonds. The van der Waals surface area contributed by atoms with Gasteiger partial charge in [-0.15, -0.1) is 5.10 Å². The number of carbonyl (C=O) groups is 1. The summed E-state index contributed by atoms with van der Waals surface area (Å²) >= 11 is 5.30. The van der Waals surface area contributed by atoms with E-state index in [2.05, 4.69) is 40.3 Å². The molecule has 0 unspecified atom stereocenters. The molecule has 3 atom stereocenters. The third kappa shape index (κ3) is 6.39. The maximum Gasteiger partial charge on any atom is 0.262 e. The van der Waals surface area contributed by atoms with Gasteiger partial charge < -0.3 is 5.32 Å². The average molecular weight is 413 g/mol. The number of thiocarbonyl (C=S) groups is 1. The fourth-order valence-corrected chi connectivity index (χ4v) is 3.75. The molecule has 1 fully saturated rings. The number of nitrogens with one attached hydrogen (secondary N) is 3. The molecule has 0 saturated heterocycles. The van der Waals surface area contributed by atoms with Gasteiger partial charge in [-0.3, -0.25) is 15.6 Å². The molecule has 1 aliphatic carbocycles. The van der Waals surface area contributed by atoms with E-state index in [-0.39, 0.29) is 5.91 Å². The lowest BCUT2D eigenvalue weighted by atomic mass is 9.78. The summed E-state index contributed by atoms with van der Waals surface area (Å²) in [5.74, 6) is 0.922. The highest BCUT2D eigenvalue weighted by atomic mass is 32.1. The van der Waals surface area contributed by atoms with Crippen molar-refractivity contribution in [3.63, 3.8) is 0 Å². The Hall–Kier alpha value is -2.74. The number of amides is 1. The van der Waals surface area contributed by atoms with Gasteiger partial charge in [0.25, 0.3) is 5.91 Å². The van der Waals surface area contributed by atoms with Crippen molar-refractivity contribution in [2.24, 2.45) is 11.8 Å². The Kier molecular flexibility index (Phi) is 7.35. The van der Waals surface area contributed by atoms with Gasteiger partial charge in [0.15, 0.2) is 5.11 Å². The van der Waals surface area contributed by atoms with Crippen molar-refractivity contribution in [1.82, 2.24) is 31.2 Å². The fourth-order valence-electron chi connectivity index (χ4n) is 3.55. The number of carbonyl (C=O) groups excluding carboxylic acids is 1. The van der Waals surface area contributed by atoms with Crippen molar-refractivity contribution in [1.29, 1.82) is 0 Å². The summed E-state index contributed by atoms with van der Waals surface area (Å²) in [6.45, 7) is 5.15. The first-order valence-corrected chi connectivity index (χ1v) is 10.4. The zero-order chi connectivity index (χ0) is 20.6. The second kappa shape index (κ2) is 10.2. The van der Waals surface area contributed by atoms with Crippen LogP contribution in [0.25, 0.3) is 6.08 Å². The van der Waals surface area contributed by atoms with Crippen molar-refractivity contribution in [2.75, 3.05) is 0 Å². The molecule has 7 nitrogen and oxygen atoms in total. The molecule has 0 bridgehead atoms. The van der Waals surface area contributed by atoms with E-state index in [0.29, 0.717) is 35.2 Å². The van der Waals surface area contributed by atoms with E-state index in [0.717, 1.165) is 12.0 Å². The second-order valence-corrected chi connectivity index (χ2v) is 8.03. The SMILES string of the molecule is C[C@H]1[C@@H](NC(=S)NNC(=O)/C=C/c2cn(Cc3ccccc3)nn2)CCC[C@@H]1C. The minimum Gasteiger partial charge on any atom is -0.358 e. The lowest BCUT2D eigenvalue weighted by Crippen LogP contribution is -2.52. The highest BCUT2D eigenvalue weighted by molar-refractivity contribution is 7.80. The maximum atomic E-state index is 12.0. The number of rotatable bonds is 5. The maximum absolute atomic E-state index is 12.0. The van der Waals surface area contributed by atoms with Crippen molar-refractivity contribution in [2.45, 2.75) is 45.7 Å². The average Bonchev–Trinajstić information content (AvgIpc) is 3.16. The van der Waals surface area contributed by atoms with Crippen LogP contribution in [0.4, 0.5) is 0 Å². The van der Waals surface area contributed by atoms with Crippen LogP contribution in [-0.2, 0) is 11.3 Å². The minimum absolute atomic E-state index is 0.308. The van der Waals surface area contributed by atoms with E-state index in [1.807, 2.05) is 30.3 Å². The fraction of sp³-hybridized carbons (Fsp3) is 0.429. The van der Waals surface area contributed by atoms with Crippen LogP contribution in [0.2, 0.25) is 0 Å². The van der Waals surface area contributed by atoms with E-state index < -0.39 is 0 Å². The van der Waals surface area contributed by atoms with Gasteiger partial charge in [-0.05, 0) is 42.1 Å². The van der Waals surface area contributed by atoms with Gasteiger partial charge in [-0.25, -0.2) is 4.68 Å². The van der Waals surface area contributed by atoms with Gasteiger partial charge in [-0.2, -0.15) is 0 Å². The van der Waals surface area contributed by atoms with Crippen LogP contribution in [-0.4, -0.2) is 32.1 Å². The first-order chi connectivity index (χ1) is 14.0. The third-order valence-corrected chi connectivity index (χ3v) is 5.69. The summed E-state index contributed by atoms with van der Waals surface area (Å²) in [6.07, 6.45) is 8.37. The summed E-state index contributed by atoms with van der Waals surface area (Å²) in [5, 5.41) is 11.9. The van der Waals surface area contributed by atoms with Crippen LogP contribution in [0.3, 0.4) is 0 Å². The van der Waals surface area contributed by atoms with Crippen LogP contribution in [0.15, 0.2) is 42.6 Å². The first-order valence-electron chi connectivity index (χ1n) is 10.00. The number of hydrogen-bond acceptors (Lipinski definition) is 4. The van der Waals surface area contributed by atoms with E-state index in [9.17, 15) is 4.79 Å². The molecular weight excluding hydrogens is 384 g/mol. The number of aromatic nitrogens is 3. The molecule has 0 aliphatic heterocycles. The van der Waals surface area contributed by atoms with Gasteiger partial charge in [0.05, 0.1) is 12.7 Å². The summed E-state index contributed by atoms with van der Waals surface area (Å²) < 4.78 is 1.73. The molecule has 1 heterocycles. The largest absolute Gasteiger partial charge is 0.358 e. The van der Waals surface area contributed by atoms with Crippen LogP contribution in [0.5, 0.6) is 0 Å². The zero-order valence-electron chi connectivity index (χ0n) is 16.8. The monoisotopic (exact) mass is 412 g/mol. The van der Waals surface area contributed by atoms with E-state index in [1.54, 1.807) is 17.0 Å². The van der Waals surface area contributed by atoms with Crippen LogP contribution < -0.4 is 16.2 Å². The number of hydrogen-bond donors (Lipinski definition) is 3. The van der Waals surface area contributed by atoms with Crippen LogP contribution in [0.1, 0.15) is 44.4 Å². The Morgan fingerprint density at radius 2 is 2.03 bits per heavy atom. The van der Waals surface area contributed by atoms with E-state index in [1.165, 1.54) is 18.9 Å². The highest BCUT2D eigenvalue weighted by Gasteiger charge is 2.27. The minimum atomic E-state index is -0.308. The summed E-state index contributed by atoms with van der Waals surface area (Å²) in [6, 6.07) is 10.3. The van der Waals surface area contributed by atoms with Gasteiger partial charge in [0.2, 0.25) is 0 Å². The lowest BCUT2D eigenvalue weighted by Gasteiger charge is -2.35. The molecule has 29 heavy (non-hydrogen) atoms. The van der Waals surface area contributed by atoms with Crippen LogP contribution >= 0.6 is 12.2 Å². The Morgan fingerprint density at radius 1 is 1.24 bits per heavy atom. The predicted octanol–water partition coefficient (Wildman–Crippen LogP) is 2.66. The second-order valence-electron chi connectivity index (χ2n) is 7.62. The lowest BCUT2D eigenvalue weighted by molar-refractivity contribution is -0.116. The quantitative estimate of drug-likeness (QED) is 0.398. The third-order valence-electron chi connectivity index (χ3n) is 5.47. The molecule has 3 rings (SSSR count). The standard InChI is InChI=1S/C21H28N6OS/c1-15-7-6-10-19(16(15)2)22-21(29)25-24-20(28)12-11-18-14-27(26-23-18)13-17-8-4-3-5-9-17/h3-5,8-9,11-12,14-16,19H,6-7,10,13H2,1-2H3,(H,24,28)(H2,22,25,29)/b12-11+/t15-,16+,19-/m0/s1. The Labute approximate surface area is 176 Å². The molecule has 1 aromatic heterocycles. The van der Waals surface area contributed by atoms with Crippen molar-refractivity contribution < 1.29 is 4.79 Å². The van der Waals surface area contributed by atoms with Gasteiger partial charge in [0, 0.05) is 12.1 Å². The zero-order valence-corrected chi connectivity index (χ0v) is 17.7. The van der Waals surface area contributed by atoms with Gasteiger partial charge >= 0.3 is 0 Å². The molecule has 1 aliphatic rings. The smallest absolute Gasteiger partial charge is 0.262 e. The highest BCUT2D eigenvalue weighted by Crippen LogP contribution is 2.29. The van der Waals surface area contributed by atoms with E-state index >= 15 is 0 Å². The molecule has 0 radical (unpaired) electrons.